The van der Waals surface area contributed by atoms with Gasteiger partial charge in [0.15, 0.2) is 0 Å². The highest BCUT2D eigenvalue weighted by molar-refractivity contribution is 9.11. The van der Waals surface area contributed by atoms with Gasteiger partial charge in [0.2, 0.25) is 0 Å². The van der Waals surface area contributed by atoms with Gasteiger partial charge in [-0.15, -0.1) is 11.3 Å². The number of rotatable bonds is 1. The number of aryl methyl sites for hydroxylation is 1. The zero-order valence-corrected chi connectivity index (χ0v) is 11.7. The molecule has 1 N–H and O–H groups in total. The molecule has 2 rings (SSSR count). The summed E-state index contributed by atoms with van der Waals surface area (Å²) in [6, 6.07) is 1.97. The molecule has 1 aliphatic rings. The lowest BCUT2D eigenvalue weighted by molar-refractivity contribution is 0.0771. The van der Waals surface area contributed by atoms with Crippen LogP contribution in [0.2, 0.25) is 0 Å². The molecule has 0 aliphatic carbocycles. The fourth-order valence-electron chi connectivity index (χ4n) is 1.77. The highest BCUT2D eigenvalue weighted by Gasteiger charge is 2.19. The van der Waals surface area contributed by atoms with Gasteiger partial charge in [-0.05, 0) is 47.4 Å². The molecule has 1 aromatic heterocycles. The fraction of sp³-hybridized carbons (Fsp3) is 0.545. The predicted octanol–water partition coefficient (Wildman–Crippen LogP) is 2.25. The minimum absolute atomic E-state index is 0.169. The van der Waals surface area contributed by atoms with E-state index in [-0.39, 0.29) is 5.91 Å². The quantitative estimate of drug-likeness (QED) is 0.863. The summed E-state index contributed by atoms with van der Waals surface area (Å²) in [5.74, 6) is 0.169. The molecule has 1 fully saturated rings. The van der Waals surface area contributed by atoms with E-state index in [1.54, 1.807) is 0 Å². The van der Waals surface area contributed by atoms with Crippen LogP contribution >= 0.6 is 27.3 Å². The van der Waals surface area contributed by atoms with Crippen LogP contribution in [0.3, 0.4) is 0 Å². The summed E-state index contributed by atoms with van der Waals surface area (Å²) in [6.45, 7) is 5.60. The Kier molecular flexibility index (Phi) is 4.00. The summed E-state index contributed by atoms with van der Waals surface area (Å²) in [7, 11) is 0. The van der Waals surface area contributed by atoms with Crippen molar-refractivity contribution in [2.24, 2.45) is 0 Å². The summed E-state index contributed by atoms with van der Waals surface area (Å²) in [5, 5.41) is 3.30. The van der Waals surface area contributed by atoms with Gasteiger partial charge in [-0.3, -0.25) is 4.79 Å². The number of carbonyl (C=O) groups excluding carboxylic acids is 1. The maximum Gasteiger partial charge on any atom is 0.264 e. The molecule has 0 aromatic carbocycles. The minimum Gasteiger partial charge on any atom is -0.337 e. The van der Waals surface area contributed by atoms with Gasteiger partial charge in [-0.2, -0.15) is 0 Å². The molecule has 0 atom stereocenters. The van der Waals surface area contributed by atoms with E-state index in [0.29, 0.717) is 0 Å². The number of amides is 1. The lowest BCUT2D eigenvalue weighted by atomic mass is 10.3. The Labute approximate surface area is 108 Å². The number of halogens is 1. The molecule has 3 nitrogen and oxygen atoms in total. The fourth-order valence-corrected chi connectivity index (χ4v) is 3.27. The number of thiophene rings is 1. The normalized spacial score (nSPS) is 17.2. The molecule has 1 saturated heterocycles. The topological polar surface area (TPSA) is 32.3 Å². The van der Waals surface area contributed by atoms with Crippen molar-refractivity contribution in [3.05, 3.63) is 20.3 Å². The molecular weight excluding hydrogens is 288 g/mol. The summed E-state index contributed by atoms with van der Waals surface area (Å²) in [4.78, 5) is 15.0. The van der Waals surface area contributed by atoms with E-state index in [4.69, 9.17) is 0 Å². The molecule has 0 saturated carbocycles. The van der Waals surface area contributed by atoms with Gasteiger partial charge in [0.25, 0.3) is 5.91 Å². The van der Waals surface area contributed by atoms with Crippen LogP contribution in [0.25, 0.3) is 0 Å². The molecule has 2 heterocycles. The first-order valence-electron chi connectivity index (χ1n) is 5.44. The molecule has 16 heavy (non-hydrogen) atoms. The van der Waals surface area contributed by atoms with Crippen LogP contribution in [-0.2, 0) is 0 Å². The van der Waals surface area contributed by atoms with Gasteiger partial charge in [-0.1, -0.05) is 0 Å². The smallest absolute Gasteiger partial charge is 0.264 e. The molecule has 1 amide bonds. The van der Waals surface area contributed by atoms with Crippen molar-refractivity contribution in [1.29, 1.82) is 0 Å². The largest absolute Gasteiger partial charge is 0.337 e. The van der Waals surface area contributed by atoms with Crippen molar-refractivity contribution in [3.63, 3.8) is 0 Å². The van der Waals surface area contributed by atoms with Crippen molar-refractivity contribution in [2.45, 2.75) is 13.3 Å². The van der Waals surface area contributed by atoms with Crippen molar-refractivity contribution >= 4 is 33.2 Å². The second kappa shape index (κ2) is 5.29. The summed E-state index contributed by atoms with van der Waals surface area (Å²) < 4.78 is 1.06. The van der Waals surface area contributed by atoms with Gasteiger partial charge in [0.05, 0.1) is 8.66 Å². The second-order valence-corrected chi connectivity index (χ2v) is 6.33. The molecular formula is C11H15BrN2OS. The van der Waals surface area contributed by atoms with Gasteiger partial charge >= 0.3 is 0 Å². The third-order valence-corrected chi connectivity index (χ3v) is 4.82. The van der Waals surface area contributed by atoms with Crippen molar-refractivity contribution in [3.8, 4) is 0 Å². The van der Waals surface area contributed by atoms with Gasteiger partial charge in [0.1, 0.15) is 0 Å². The SMILES string of the molecule is Cc1cc(C(=O)N2CCCNCC2)sc1Br. The number of hydrogen-bond donors (Lipinski definition) is 1. The summed E-state index contributed by atoms with van der Waals surface area (Å²) in [6.07, 6.45) is 1.04. The first-order valence-corrected chi connectivity index (χ1v) is 7.05. The first kappa shape index (κ1) is 12.1. The molecule has 5 heteroatoms. The van der Waals surface area contributed by atoms with Crippen LogP contribution in [0, 0.1) is 6.92 Å². The Morgan fingerprint density at radius 1 is 1.50 bits per heavy atom. The second-order valence-electron chi connectivity index (χ2n) is 3.96. The Morgan fingerprint density at radius 2 is 2.31 bits per heavy atom. The molecule has 1 aliphatic heterocycles. The Morgan fingerprint density at radius 3 is 3.00 bits per heavy atom. The average Bonchev–Trinajstić information content (AvgIpc) is 2.51. The maximum atomic E-state index is 12.2. The van der Waals surface area contributed by atoms with Crippen LogP contribution in [0.1, 0.15) is 21.7 Å². The van der Waals surface area contributed by atoms with Gasteiger partial charge in [0, 0.05) is 19.6 Å². The van der Waals surface area contributed by atoms with Crippen LogP contribution in [0.15, 0.2) is 9.85 Å². The standard InChI is InChI=1S/C11H15BrN2OS/c1-8-7-9(16-10(8)12)11(15)14-5-2-3-13-4-6-14/h7,13H,2-6H2,1H3. The Balaban J connectivity index is 2.11. The monoisotopic (exact) mass is 302 g/mol. The van der Waals surface area contributed by atoms with Crippen molar-refractivity contribution in [2.75, 3.05) is 26.2 Å². The average molecular weight is 303 g/mol. The Bertz CT molecular complexity index is 364. The molecule has 88 valence electrons. The lowest BCUT2D eigenvalue weighted by Crippen LogP contribution is -2.33. The number of hydrogen-bond acceptors (Lipinski definition) is 3. The van der Waals surface area contributed by atoms with E-state index in [9.17, 15) is 4.79 Å². The summed E-state index contributed by atoms with van der Waals surface area (Å²) >= 11 is 4.99. The molecule has 0 radical (unpaired) electrons. The third-order valence-electron chi connectivity index (χ3n) is 2.70. The van der Waals surface area contributed by atoms with Crippen LogP contribution in [-0.4, -0.2) is 37.0 Å². The molecule has 0 bridgehead atoms. The highest BCUT2D eigenvalue weighted by Crippen LogP contribution is 2.28. The van der Waals surface area contributed by atoms with Crippen LogP contribution in [0.5, 0.6) is 0 Å². The van der Waals surface area contributed by atoms with E-state index >= 15 is 0 Å². The molecule has 1 aromatic rings. The van der Waals surface area contributed by atoms with Crippen molar-refractivity contribution < 1.29 is 4.79 Å². The number of carbonyl (C=O) groups is 1. The summed E-state index contributed by atoms with van der Waals surface area (Å²) in [5.41, 5.74) is 1.14. The Hall–Kier alpha value is -0.390. The zero-order valence-electron chi connectivity index (χ0n) is 9.25. The third kappa shape index (κ3) is 2.64. The van der Waals surface area contributed by atoms with Crippen LogP contribution < -0.4 is 5.32 Å². The number of nitrogens with zero attached hydrogens (tertiary/aromatic N) is 1. The first-order chi connectivity index (χ1) is 7.68. The lowest BCUT2D eigenvalue weighted by Gasteiger charge is -2.18. The highest BCUT2D eigenvalue weighted by atomic mass is 79.9. The molecule has 0 unspecified atom stereocenters. The minimum atomic E-state index is 0.169. The van der Waals surface area contributed by atoms with E-state index in [1.807, 2.05) is 17.9 Å². The van der Waals surface area contributed by atoms with E-state index in [2.05, 4.69) is 21.2 Å². The maximum absolute atomic E-state index is 12.2. The van der Waals surface area contributed by atoms with E-state index < -0.39 is 0 Å². The zero-order chi connectivity index (χ0) is 11.5. The van der Waals surface area contributed by atoms with Gasteiger partial charge < -0.3 is 10.2 Å². The molecule has 0 spiro atoms. The van der Waals surface area contributed by atoms with Crippen molar-refractivity contribution in [1.82, 2.24) is 10.2 Å². The predicted molar refractivity (Wildman–Crippen MR) is 70.1 cm³/mol. The van der Waals surface area contributed by atoms with E-state index in [0.717, 1.165) is 46.8 Å². The van der Waals surface area contributed by atoms with Crippen LogP contribution in [0.4, 0.5) is 0 Å². The number of nitrogens with one attached hydrogen (secondary N) is 1. The van der Waals surface area contributed by atoms with E-state index in [1.165, 1.54) is 11.3 Å². The van der Waals surface area contributed by atoms with Gasteiger partial charge in [-0.25, -0.2) is 0 Å².